The van der Waals surface area contributed by atoms with Crippen molar-refractivity contribution in [2.24, 2.45) is 7.05 Å². The van der Waals surface area contributed by atoms with Gasteiger partial charge in [0.1, 0.15) is 0 Å². The highest BCUT2D eigenvalue weighted by Crippen LogP contribution is 2.10. The van der Waals surface area contributed by atoms with Crippen molar-refractivity contribution in [1.82, 2.24) is 20.0 Å². The van der Waals surface area contributed by atoms with Gasteiger partial charge in [0.15, 0.2) is 0 Å². The predicted octanol–water partition coefficient (Wildman–Crippen LogP) is 0.644. The number of hydrogen-bond acceptors (Lipinski definition) is 3. The first kappa shape index (κ1) is 12.8. The van der Waals surface area contributed by atoms with E-state index in [1.165, 1.54) is 0 Å². The summed E-state index contributed by atoms with van der Waals surface area (Å²) in [5.74, 6) is 0.0798. The molecule has 1 saturated heterocycles. The number of likely N-dealkylation sites (N-methyl/N-ethyl adjacent to an activating group) is 1. The van der Waals surface area contributed by atoms with Crippen molar-refractivity contribution in [3.63, 3.8) is 0 Å². The highest BCUT2D eigenvalue weighted by atomic mass is 16.2. The number of amides is 1. The number of aromatic nitrogens is 2. The Balaban J connectivity index is 1.95. The Bertz CT molecular complexity index is 438. The van der Waals surface area contributed by atoms with Crippen LogP contribution in [0.5, 0.6) is 0 Å². The lowest BCUT2D eigenvalue weighted by Gasteiger charge is -2.31. The summed E-state index contributed by atoms with van der Waals surface area (Å²) in [6.45, 7) is 1.65. The minimum absolute atomic E-state index is 0.0798. The van der Waals surface area contributed by atoms with Crippen molar-refractivity contribution < 1.29 is 4.79 Å². The fraction of sp³-hybridized carbons (Fsp3) is 0.538. The largest absolute Gasteiger partial charge is 0.338 e. The molecule has 1 atom stereocenters. The number of carbonyl (C=O) groups is 1. The Hall–Kier alpha value is -1.62. The van der Waals surface area contributed by atoms with Crippen LogP contribution in [0.2, 0.25) is 0 Å². The predicted molar refractivity (Wildman–Crippen MR) is 70.9 cm³/mol. The van der Waals surface area contributed by atoms with Crippen molar-refractivity contribution in [3.8, 4) is 0 Å². The van der Waals surface area contributed by atoms with Crippen molar-refractivity contribution in [2.75, 3.05) is 20.1 Å². The summed E-state index contributed by atoms with van der Waals surface area (Å²) in [6, 6.07) is 2.31. The van der Waals surface area contributed by atoms with Crippen molar-refractivity contribution >= 4 is 12.0 Å². The topological polar surface area (TPSA) is 50.2 Å². The maximum atomic E-state index is 12.0. The zero-order valence-corrected chi connectivity index (χ0v) is 11.0. The van der Waals surface area contributed by atoms with E-state index in [1.54, 1.807) is 17.0 Å². The fourth-order valence-corrected chi connectivity index (χ4v) is 2.22. The third-order valence-electron chi connectivity index (χ3n) is 3.40. The van der Waals surface area contributed by atoms with E-state index in [4.69, 9.17) is 0 Å². The standard InChI is InChI=1S/C13H20N4O/c1-14-11-4-3-9-17(10-11)13(18)6-5-12-7-8-15-16(12)2/h5-8,11,14H,3-4,9-10H2,1-2H3. The third kappa shape index (κ3) is 2.98. The first-order valence-corrected chi connectivity index (χ1v) is 6.33. The molecule has 1 aliphatic heterocycles. The van der Waals surface area contributed by atoms with E-state index in [0.717, 1.165) is 31.6 Å². The Labute approximate surface area is 107 Å². The van der Waals surface area contributed by atoms with Gasteiger partial charge in [-0.05, 0) is 32.0 Å². The van der Waals surface area contributed by atoms with E-state index in [1.807, 2.05) is 31.1 Å². The van der Waals surface area contributed by atoms with E-state index in [0.29, 0.717) is 6.04 Å². The van der Waals surface area contributed by atoms with Crippen LogP contribution in [0.1, 0.15) is 18.5 Å². The third-order valence-corrected chi connectivity index (χ3v) is 3.40. The second-order valence-electron chi connectivity index (χ2n) is 4.63. The zero-order valence-electron chi connectivity index (χ0n) is 11.0. The molecule has 2 rings (SSSR count). The summed E-state index contributed by atoms with van der Waals surface area (Å²) in [5, 5.41) is 7.30. The molecule has 2 heterocycles. The number of aryl methyl sites for hydroxylation is 1. The smallest absolute Gasteiger partial charge is 0.246 e. The minimum atomic E-state index is 0.0798. The first-order valence-electron chi connectivity index (χ1n) is 6.33. The highest BCUT2D eigenvalue weighted by Gasteiger charge is 2.20. The molecule has 1 unspecified atom stereocenters. The summed E-state index contributed by atoms with van der Waals surface area (Å²) in [4.78, 5) is 13.9. The Kier molecular flexibility index (Phi) is 4.15. The molecule has 0 saturated carbocycles. The molecule has 1 amide bonds. The van der Waals surface area contributed by atoms with Gasteiger partial charge in [0.2, 0.25) is 5.91 Å². The molecule has 1 fully saturated rings. The summed E-state index contributed by atoms with van der Waals surface area (Å²) in [7, 11) is 3.81. The van der Waals surface area contributed by atoms with Crippen LogP contribution in [0.15, 0.2) is 18.3 Å². The van der Waals surface area contributed by atoms with Gasteiger partial charge in [-0.25, -0.2) is 0 Å². The molecular formula is C13H20N4O. The van der Waals surface area contributed by atoms with Crippen LogP contribution in [0.25, 0.3) is 6.08 Å². The quantitative estimate of drug-likeness (QED) is 0.799. The van der Waals surface area contributed by atoms with Crippen LogP contribution in [0.3, 0.4) is 0 Å². The van der Waals surface area contributed by atoms with Gasteiger partial charge in [0.25, 0.3) is 0 Å². The maximum Gasteiger partial charge on any atom is 0.246 e. The fourth-order valence-electron chi connectivity index (χ4n) is 2.22. The molecule has 0 aromatic carbocycles. The van der Waals surface area contributed by atoms with E-state index >= 15 is 0 Å². The Morgan fingerprint density at radius 3 is 3.11 bits per heavy atom. The van der Waals surface area contributed by atoms with Crippen molar-refractivity contribution in [1.29, 1.82) is 0 Å². The van der Waals surface area contributed by atoms with Crippen LogP contribution in [-0.4, -0.2) is 46.8 Å². The van der Waals surface area contributed by atoms with Crippen LogP contribution >= 0.6 is 0 Å². The number of nitrogens with one attached hydrogen (secondary N) is 1. The normalized spacial score (nSPS) is 20.6. The number of carbonyl (C=O) groups excluding carboxylic acids is 1. The Morgan fingerprint density at radius 2 is 2.44 bits per heavy atom. The molecule has 0 radical (unpaired) electrons. The van der Waals surface area contributed by atoms with Gasteiger partial charge in [-0.3, -0.25) is 9.48 Å². The molecule has 1 aromatic heterocycles. The second-order valence-corrected chi connectivity index (χ2v) is 4.63. The van der Waals surface area contributed by atoms with Crippen LogP contribution < -0.4 is 5.32 Å². The molecule has 1 aliphatic rings. The number of piperidine rings is 1. The molecule has 1 aromatic rings. The Morgan fingerprint density at radius 1 is 1.61 bits per heavy atom. The molecule has 0 bridgehead atoms. The van der Waals surface area contributed by atoms with Gasteiger partial charge < -0.3 is 10.2 Å². The van der Waals surface area contributed by atoms with Crippen molar-refractivity contribution in [2.45, 2.75) is 18.9 Å². The average Bonchev–Trinajstić information content (AvgIpc) is 2.81. The van der Waals surface area contributed by atoms with E-state index in [9.17, 15) is 4.79 Å². The lowest BCUT2D eigenvalue weighted by Crippen LogP contribution is -2.46. The lowest BCUT2D eigenvalue weighted by molar-refractivity contribution is -0.127. The number of nitrogens with zero attached hydrogens (tertiary/aromatic N) is 3. The van der Waals surface area contributed by atoms with Crippen LogP contribution in [0.4, 0.5) is 0 Å². The van der Waals surface area contributed by atoms with Crippen molar-refractivity contribution in [3.05, 3.63) is 24.0 Å². The maximum absolute atomic E-state index is 12.0. The molecule has 1 N–H and O–H groups in total. The molecular weight excluding hydrogens is 228 g/mol. The van der Waals surface area contributed by atoms with Crippen LogP contribution in [0, 0.1) is 0 Å². The second kappa shape index (κ2) is 5.82. The molecule has 0 aliphatic carbocycles. The first-order chi connectivity index (χ1) is 8.70. The number of likely N-dealkylation sites (tertiary alicyclic amines) is 1. The zero-order chi connectivity index (χ0) is 13.0. The average molecular weight is 248 g/mol. The molecule has 18 heavy (non-hydrogen) atoms. The molecule has 98 valence electrons. The summed E-state index contributed by atoms with van der Waals surface area (Å²) >= 11 is 0. The minimum Gasteiger partial charge on any atom is -0.338 e. The van der Waals surface area contributed by atoms with Crippen LogP contribution in [-0.2, 0) is 11.8 Å². The summed E-state index contributed by atoms with van der Waals surface area (Å²) < 4.78 is 1.75. The van der Waals surface area contributed by atoms with Gasteiger partial charge in [-0.15, -0.1) is 0 Å². The molecule has 5 heteroatoms. The van der Waals surface area contributed by atoms with Gasteiger partial charge in [0, 0.05) is 38.5 Å². The van der Waals surface area contributed by atoms with Gasteiger partial charge in [-0.2, -0.15) is 5.10 Å². The SMILES string of the molecule is CNC1CCCN(C(=O)C=Cc2ccnn2C)C1. The summed E-state index contributed by atoms with van der Waals surface area (Å²) in [5.41, 5.74) is 0.936. The lowest BCUT2D eigenvalue weighted by atomic mass is 10.1. The van der Waals surface area contributed by atoms with Gasteiger partial charge in [0.05, 0.1) is 5.69 Å². The number of hydrogen-bond donors (Lipinski definition) is 1. The van der Waals surface area contributed by atoms with E-state index < -0.39 is 0 Å². The highest BCUT2D eigenvalue weighted by molar-refractivity contribution is 5.91. The van der Waals surface area contributed by atoms with E-state index in [2.05, 4.69) is 10.4 Å². The van der Waals surface area contributed by atoms with Gasteiger partial charge >= 0.3 is 0 Å². The monoisotopic (exact) mass is 248 g/mol. The van der Waals surface area contributed by atoms with E-state index in [-0.39, 0.29) is 5.91 Å². The summed E-state index contributed by atoms with van der Waals surface area (Å²) in [6.07, 6.45) is 7.39. The van der Waals surface area contributed by atoms with Gasteiger partial charge in [-0.1, -0.05) is 0 Å². The number of rotatable bonds is 3. The molecule has 5 nitrogen and oxygen atoms in total. The molecule has 0 spiro atoms.